The first-order valence-electron chi connectivity index (χ1n) is 6.67. The van der Waals surface area contributed by atoms with Gasteiger partial charge in [0.05, 0.1) is 0 Å². The topological polar surface area (TPSA) is 15.3 Å². The van der Waals surface area contributed by atoms with Gasteiger partial charge in [0.15, 0.2) is 0 Å². The van der Waals surface area contributed by atoms with Gasteiger partial charge >= 0.3 is 0 Å². The fourth-order valence-electron chi connectivity index (χ4n) is 2.75. The van der Waals surface area contributed by atoms with Crippen molar-refractivity contribution in [1.82, 2.24) is 10.2 Å². The van der Waals surface area contributed by atoms with Gasteiger partial charge < -0.3 is 5.32 Å². The fraction of sp³-hybridized carbons (Fsp3) is 0.600. The maximum atomic E-state index is 3.51. The van der Waals surface area contributed by atoms with Crippen LogP contribution in [-0.2, 0) is 6.54 Å². The van der Waals surface area contributed by atoms with E-state index in [4.69, 9.17) is 0 Å². The van der Waals surface area contributed by atoms with Crippen LogP contribution in [0.15, 0.2) is 24.3 Å². The number of rotatable bonds is 4. The van der Waals surface area contributed by atoms with Crippen LogP contribution in [0.2, 0.25) is 0 Å². The van der Waals surface area contributed by atoms with Crippen LogP contribution in [0.3, 0.4) is 0 Å². The Morgan fingerprint density at radius 2 is 1.94 bits per heavy atom. The monoisotopic (exact) mass is 232 g/mol. The SMILES string of the molecule is CCC1CNCC1N(C)Cc1ccc(C)cc1. The highest BCUT2D eigenvalue weighted by Crippen LogP contribution is 2.19. The smallest absolute Gasteiger partial charge is 0.0261 e. The molecule has 2 nitrogen and oxygen atoms in total. The Kier molecular flexibility index (Phi) is 4.19. The first kappa shape index (κ1) is 12.6. The molecule has 2 rings (SSSR count). The molecular weight excluding hydrogens is 208 g/mol. The summed E-state index contributed by atoms with van der Waals surface area (Å²) in [7, 11) is 2.25. The van der Waals surface area contributed by atoms with Crippen LogP contribution in [0, 0.1) is 12.8 Å². The molecule has 0 spiro atoms. The van der Waals surface area contributed by atoms with Crippen molar-refractivity contribution in [2.45, 2.75) is 32.9 Å². The van der Waals surface area contributed by atoms with E-state index in [1.807, 2.05) is 0 Å². The van der Waals surface area contributed by atoms with Crippen LogP contribution in [-0.4, -0.2) is 31.1 Å². The number of likely N-dealkylation sites (N-methyl/N-ethyl adjacent to an activating group) is 1. The van der Waals surface area contributed by atoms with Gasteiger partial charge in [-0.25, -0.2) is 0 Å². The summed E-state index contributed by atoms with van der Waals surface area (Å²) in [5, 5.41) is 3.51. The van der Waals surface area contributed by atoms with E-state index in [2.05, 4.69) is 55.4 Å². The number of benzene rings is 1. The quantitative estimate of drug-likeness (QED) is 0.857. The maximum absolute atomic E-state index is 3.51. The second-order valence-electron chi connectivity index (χ2n) is 5.29. The average molecular weight is 232 g/mol. The summed E-state index contributed by atoms with van der Waals surface area (Å²) in [5.74, 6) is 0.811. The molecule has 2 heteroatoms. The van der Waals surface area contributed by atoms with Gasteiger partial charge in [-0.15, -0.1) is 0 Å². The maximum Gasteiger partial charge on any atom is 0.0261 e. The summed E-state index contributed by atoms with van der Waals surface area (Å²) in [4.78, 5) is 2.50. The lowest BCUT2D eigenvalue weighted by molar-refractivity contribution is 0.201. The Balaban J connectivity index is 1.96. The van der Waals surface area contributed by atoms with Gasteiger partial charge in [-0.05, 0) is 32.0 Å². The minimum atomic E-state index is 0.696. The Morgan fingerprint density at radius 1 is 1.24 bits per heavy atom. The molecule has 1 fully saturated rings. The third-order valence-corrected chi connectivity index (χ3v) is 3.95. The van der Waals surface area contributed by atoms with E-state index in [0.29, 0.717) is 6.04 Å². The molecule has 0 radical (unpaired) electrons. The van der Waals surface area contributed by atoms with Crippen LogP contribution in [0.1, 0.15) is 24.5 Å². The molecule has 0 aromatic heterocycles. The second-order valence-corrected chi connectivity index (χ2v) is 5.29. The van der Waals surface area contributed by atoms with E-state index in [1.165, 1.54) is 24.1 Å². The highest BCUT2D eigenvalue weighted by atomic mass is 15.2. The predicted octanol–water partition coefficient (Wildman–Crippen LogP) is 2.42. The van der Waals surface area contributed by atoms with Crippen LogP contribution in [0.25, 0.3) is 0 Å². The van der Waals surface area contributed by atoms with Crippen molar-refractivity contribution in [3.63, 3.8) is 0 Å². The minimum absolute atomic E-state index is 0.696. The highest BCUT2D eigenvalue weighted by molar-refractivity contribution is 5.21. The lowest BCUT2D eigenvalue weighted by atomic mass is 9.99. The van der Waals surface area contributed by atoms with Gasteiger partial charge in [0, 0.05) is 19.1 Å². The lowest BCUT2D eigenvalue weighted by Crippen LogP contribution is -2.37. The van der Waals surface area contributed by atoms with Crippen molar-refractivity contribution in [1.29, 1.82) is 0 Å². The largest absolute Gasteiger partial charge is 0.315 e. The molecule has 1 aromatic rings. The molecule has 1 aliphatic heterocycles. The summed E-state index contributed by atoms with van der Waals surface area (Å²) in [6, 6.07) is 9.59. The molecule has 2 atom stereocenters. The lowest BCUT2D eigenvalue weighted by Gasteiger charge is -2.28. The molecule has 0 amide bonds. The van der Waals surface area contributed by atoms with Crippen molar-refractivity contribution in [2.24, 2.45) is 5.92 Å². The van der Waals surface area contributed by atoms with Gasteiger partial charge in [0.2, 0.25) is 0 Å². The summed E-state index contributed by atoms with van der Waals surface area (Å²) in [5.41, 5.74) is 2.75. The fourth-order valence-corrected chi connectivity index (χ4v) is 2.75. The van der Waals surface area contributed by atoms with Crippen molar-refractivity contribution >= 4 is 0 Å². The standard InChI is InChI=1S/C15H24N2/c1-4-14-9-16-10-15(14)17(3)11-13-7-5-12(2)6-8-13/h5-8,14-16H,4,9-11H2,1-3H3. The van der Waals surface area contributed by atoms with Gasteiger partial charge in [0.1, 0.15) is 0 Å². The first-order chi connectivity index (χ1) is 8.20. The summed E-state index contributed by atoms with van der Waals surface area (Å²) >= 11 is 0. The van der Waals surface area contributed by atoms with Crippen molar-refractivity contribution in [2.75, 3.05) is 20.1 Å². The van der Waals surface area contributed by atoms with Gasteiger partial charge in [-0.1, -0.05) is 43.2 Å². The van der Waals surface area contributed by atoms with E-state index in [-0.39, 0.29) is 0 Å². The van der Waals surface area contributed by atoms with Crippen LogP contribution >= 0.6 is 0 Å². The van der Waals surface area contributed by atoms with Gasteiger partial charge in [0.25, 0.3) is 0 Å². The molecule has 0 aliphatic carbocycles. The summed E-state index contributed by atoms with van der Waals surface area (Å²) < 4.78 is 0. The highest BCUT2D eigenvalue weighted by Gasteiger charge is 2.28. The number of nitrogens with zero attached hydrogens (tertiary/aromatic N) is 1. The van der Waals surface area contributed by atoms with E-state index in [1.54, 1.807) is 0 Å². The Hall–Kier alpha value is -0.860. The molecule has 2 unspecified atom stereocenters. The molecule has 17 heavy (non-hydrogen) atoms. The molecule has 1 saturated heterocycles. The third kappa shape index (κ3) is 3.08. The Labute approximate surface area is 105 Å². The summed E-state index contributed by atoms with van der Waals surface area (Å²) in [6.45, 7) is 7.81. The molecule has 1 N–H and O–H groups in total. The Morgan fingerprint density at radius 3 is 2.59 bits per heavy atom. The van der Waals surface area contributed by atoms with E-state index >= 15 is 0 Å². The third-order valence-electron chi connectivity index (χ3n) is 3.95. The molecule has 1 aliphatic rings. The zero-order chi connectivity index (χ0) is 12.3. The first-order valence-corrected chi connectivity index (χ1v) is 6.67. The molecule has 1 aromatic carbocycles. The van der Waals surface area contributed by atoms with Gasteiger partial charge in [-0.3, -0.25) is 4.90 Å². The zero-order valence-corrected chi connectivity index (χ0v) is 11.2. The minimum Gasteiger partial charge on any atom is -0.315 e. The zero-order valence-electron chi connectivity index (χ0n) is 11.2. The molecule has 0 saturated carbocycles. The predicted molar refractivity (Wildman–Crippen MR) is 73.1 cm³/mol. The normalized spacial score (nSPS) is 24.5. The number of aryl methyl sites for hydroxylation is 1. The van der Waals surface area contributed by atoms with Gasteiger partial charge in [-0.2, -0.15) is 0 Å². The second kappa shape index (κ2) is 5.65. The molecule has 94 valence electrons. The Bertz CT molecular complexity index is 344. The van der Waals surface area contributed by atoms with Crippen LogP contribution in [0.4, 0.5) is 0 Å². The molecule has 0 bridgehead atoms. The van der Waals surface area contributed by atoms with Crippen LogP contribution < -0.4 is 5.32 Å². The number of hydrogen-bond donors (Lipinski definition) is 1. The number of hydrogen-bond acceptors (Lipinski definition) is 2. The van der Waals surface area contributed by atoms with Crippen molar-refractivity contribution in [3.8, 4) is 0 Å². The summed E-state index contributed by atoms with van der Waals surface area (Å²) in [6.07, 6.45) is 1.27. The average Bonchev–Trinajstić information content (AvgIpc) is 2.80. The van der Waals surface area contributed by atoms with E-state index in [0.717, 1.165) is 19.0 Å². The van der Waals surface area contributed by atoms with Crippen molar-refractivity contribution in [3.05, 3.63) is 35.4 Å². The van der Waals surface area contributed by atoms with Crippen molar-refractivity contribution < 1.29 is 0 Å². The molecule has 1 heterocycles. The number of nitrogens with one attached hydrogen (secondary N) is 1. The van der Waals surface area contributed by atoms with Crippen LogP contribution in [0.5, 0.6) is 0 Å². The van der Waals surface area contributed by atoms with E-state index in [9.17, 15) is 0 Å². The van der Waals surface area contributed by atoms with E-state index < -0.39 is 0 Å². The molecular formula is C15H24N2.